The van der Waals surface area contributed by atoms with Crippen molar-refractivity contribution in [3.8, 4) is 0 Å². The molecule has 0 atom stereocenters. The lowest BCUT2D eigenvalue weighted by molar-refractivity contribution is 0.175. The lowest BCUT2D eigenvalue weighted by Crippen LogP contribution is -2.50. The molecule has 2 rings (SSSR count). The van der Waals surface area contributed by atoms with Gasteiger partial charge in [0.2, 0.25) is 10.0 Å². The van der Waals surface area contributed by atoms with Crippen LogP contribution in [0.3, 0.4) is 0 Å². The zero-order chi connectivity index (χ0) is 11.8. The number of hydrogen-bond acceptors (Lipinski definition) is 5. The third-order valence-corrected chi connectivity index (χ3v) is 3.82. The maximum atomic E-state index is 11.1. The zero-order valence-corrected chi connectivity index (χ0v) is 9.76. The van der Waals surface area contributed by atoms with Gasteiger partial charge in [-0.3, -0.25) is 4.68 Å². The molecule has 1 aliphatic rings. The molecule has 0 radical (unpaired) electrons. The van der Waals surface area contributed by atoms with E-state index in [9.17, 15) is 8.42 Å². The lowest BCUT2D eigenvalue weighted by atomic mass is 10.0. The Hall–Kier alpha value is -0.990. The highest BCUT2D eigenvalue weighted by atomic mass is 32.2. The molecule has 1 aromatic heterocycles. The Morgan fingerprint density at radius 1 is 1.56 bits per heavy atom. The first kappa shape index (κ1) is 11.5. The summed E-state index contributed by atoms with van der Waals surface area (Å²) in [5.74, 6) is 0.281. The van der Waals surface area contributed by atoms with E-state index >= 15 is 0 Å². The highest BCUT2D eigenvalue weighted by molar-refractivity contribution is 7.88. The van der Waals surface area contributed by atoms with E-state index in [0.29, 0.717) is 25.3 Å². The van der Waals surface area contributed by atoms with Crippen molar-refractivity contribution in [1.29, 1.82) is 0 Å². The van der Waals surface area contributed by atoms with Crippen LogP contribution in [-0.2, 0) is 23.2 Å². The minimum Gasteiger partial charge on any atom is -0.390 e. The Morgan fingerprint density at radius 2 is 2.25 bits per heavy atom. The average molecular weight is 246 g/mol. The summed E-state index contributed by atoms with van der Waals surface area (Å²) < 4.78 is 25.3. The van der Waals surface area contributed by atoms with Gasteiger partial charge in [0.15, 0.2) is 0 Å². The number of aliphatic hydroxyl groups excluding tert-OH is 1. The van der Waals surface area contributed by atoms with Crippen molar-refractivity contribution in [2.45, 2.75) is 13.2 Å². The van der Waals surface area contributed by atoms with Crippen LogP contribution < -0.4 is 0 Å². The summed E-state index contributed by atoms with van der Waals surface area (Å²) in [6, 6.07) is 0. The molecule has 0 aromatic carbocycles. The van der Waals surface area contributed by atoms with Crippen molar-refractivity contribution in [2.75, 3.05) is 19.3 Å². The molecule has 0 bridgehead atoms. The molecule has 7 nitrogen and oxygen atoms in total. The van der Waals surface area contributed by atoms with E-state index in [1.807, 2.05) is 0 Å². The van der Waals surface area contributed by atoms with E-state index in [2.05, 4.69) is 10.3 Å². The summed E-state index contributed by atoms with van der Waals surface area (Å²) in [5, 5.41) is 16.4. The minimum atomic E-state index is -3.04. The van der Waals surface area contributed by atoms with Gasteiger partial charge in [0.05, 0.1) is 19.1 Å². The molecule has 0 aliphatic carbocycles. The van der Waals surface area contributed by atoms with Crippen LogP contribution in [-0.4, -0.2) is 52.2 Å². The molecular formula is C8H14N4O3S. The monoisotopic (exact) mass is 246 g/mol. The molecule has 1 fully saturated rings. The quantitative estimate of drug-likeness (QED) is 0.710. The summed E-state index contributed by atoms with van der Waals surface area (Å²) in [6.45, 7) is 1.58. The molecule has 0 unspecified atom stereocenters. The first-order valence-electron chi connectivity index (χ1n) is 4.94. The van der Waals surface area contributed by atoms with Crippen molar-refractivity contribution in [1.82, 2.24) is 19.3 Å². The lowest BCUT2D eigenvalue weighted by Gasteiger charge is -2.36. The van der Waals surface area contributed by atoms with Crippen LogP contribution >= 0.6 is 0 Å². The van der Waals surface area contributed by atoms with Gasteiger partial charge in [0.25, 0.3) is 0 Å². The fraction of sp³-hybridized carbons (Fsp3) is 0.750. The molecule has 0 amide bonds. The smallest absolute Gasteiger partial charge is 0.211 e. The van der Waals surface area contributed by atoms with E-state index in [4.69, 9.17) is 5.11 Å². The van der Waals surface area contributed by atoms with Gasteiger partial charge in [-0.05, 0) is 0 Å². The minimum absolute atomic E-state index is 0.125. The van der Waals surface area contributed by atoms with Gasteiger partial charge in [-0.25, -0.2) is 12.7 Å². The van der Waals surface area contributed by atoms with Gasteiger partial charge < -0.3 is 5.11 Å². The maximum Gasteiger partial charge on any atom is 0.211 e. The van der Waals surface area contributed by atoms with Crippen LogP contribution in [0.2, 0.25) is 0 Å². The molecule has 2 heterocycles. The normalized spacial score (nSPS) is 18.6. The summed E-state index contributed by atoms with van der Waals surface area (Å²) >= 11 is 0. The van der Waals surface area contributed by atoms with Gasteiger partial charge in [0.1, 0.15) is 5.69 Å². The first-order chi connectivity index (χ1) is 7.49. The first-order valence-corrected chi connectivity index (χ1v) is 6.79. The van der Waals surface area contributed by atoms with Gasteiger partial charge in [-0.1, -0.05) is 5.21 Å². The zero-order valence-electron chi connectivity index (χ0n) is 8.94. The fourth-order valence-electron chi connectivity index (χ4n) is 1.67. The molecule has 16 heavy (non-hydrogen) atoms. The van der Waals surface area contributed by atoms with Crippen LogP contribution in [0.1, 0.15) is 5.69 Å². The molecule has 0 saturated carbocycles. The van der Waals surface area contributed by atoms with Crippen LogP contribution in [0.5, 0.6) is 0 Å². The Balaban J connectivity index is 1.86. The Kier molecular flexibility index (Phi) is 2.96. The predicted molar refractivity (Wildman–Crippen MR) is 55.9 cm³/mol. The summed E-state index contributed by atoms with van der Waals surface area (Å²) in [5.41, 5.74) is 0.527. The van der Waals surface area contributed by atoms with Gasteiger partial charge in [0, 0.05) is 25.6 Å². The Bertz CT molecular complexity index is 463. The average Bonchev–Trinajstić information content (AvgIpc) is 2.56. The molecule has 90 valence electrons. The number of aromatic nitrogens is 3. The van der Waals surface area contributed by atoms with Crippen LogP contribution in [0.4, 0.5) is 0 Å². The van der Waals surface area contributed by atoms with Crippen molar-refractivity contribution >= 4 is 10.0 Å². The van der Waals surface area contributed by atoms with E-state index in [0.717, 1.165) is 0 Å². The number of sulfonamides is 1. The molecule has 1 aliphatic heterocycles. The van der Waals surface area contributed by atoms with Crippen molar-refractivity contribution < 1.29 is 13.5 Å². The fourth-order valence-corrected chi connectivity index (χ4v) is 2.64. The molecule has 8 heteroatoms. The second kappa shape index (κ2) is 4.11. The molecule has 1 aromatic rings. The predicted octanol–water partition coefficient (Wildman–Crippen LogP) is -1.34. The third-order valence-electron chi connectivity index (χ3n) is 2.59. The number of aliphatic hydroxyl groups is 1. The van der Waals surface area contributed by atoms with Crippen molar-refractivity contribution in [2.24, 2.45) is 5.92 Å². The van der Waals surface area contributed by atoms with E-state index < -0.39 is 10.0 Å². The van der Waals surface area contributed by atoms with E-state index in [1.165, 1.54) is 10.6 Å². The Labute approximate surface area is 93.7 Å². The second-order valence-corrected chi connectivity index (χ2v) is 6.02. The summed E-state index contributed by atoms with van der Waals surface area (Å²) in [4.78, 5) is 0. The van der Waals surface area contributed by atoms with Crippen molar-refractivity contribution in [3.63, 3.8) is 0 Å². The SMILES string of the molecule is CS(=O)(=O)N1CC(Cn2cc(CO)nn2)C1. The van der Waals surface area contributed by atoms with Crippen LogP contribution in [0.25, 0.3) is 0 Å². The highest BCUT2D eigenvalue weighted by Gasteiger charge is 2.33. The number of rotatable bonds is 4. The Morgan fingerprint density at radius 3 is 2.75 bits per heavy atom. The molecular weight excluding hydrogens is 232 g/mol. The maximum absolute atomic E-state index is 11.1. The van der Waals surface area contributed by atoms with Gasteiger partial charge >= 0.3 is 0 Å². The van der Waals surface area contributed by atoms with E-state index in [1.54, 1.807) is 10.9 Å². The van der Waals surface area contributed by atoms with Crippen LogP contribution in [0.15, 0.2) is 6.20 Å². The topological polar surface area (TPSA) is 88.3 Å². The highest BCUT2D eigenvalue weighted by Crippen LogP contribution is 2.19. The third kappa shape index (κ3) is 2.39. The van der Waals surface area contributed by atoms with Crippen molar-refractivity contribution in [3.05, 3.63) is 11.9 Å². The summed E-state index contributed by atoms with van der Waals surface area (Å²) in [6.07, 6.45) is 2.88. The second-order valence-electron chi connectivity index (χ2n) is 4.04. The molecule has 1 saturated heterocycles. The standard InChI is InChI=1S/C8H14N4O3S/c1-16(14,15)12-3-7(4-12)2-11-5-8(6-13)9-10-11/h5,7,13H,2-4,6H2,1H3. The number of hydrogen-bond donors (Lipinski definition) is 1. The summed E-state index contributed by atoms with van der Waals surface area (Å²) in [7, 11) is -3.04. The van der Waals surface area contributed by atoms with E-state index in [-0.39, 0.29) is 12.5 Å². The number of nitrogens with zero attached hydrogens (tertiary/aromatic N) is 4. The molecule has 1 N–H and O–H groups in total. The molecule has 0 spiro atoms. The van der Waals surface area contributed by atoms with Gasteiger partial charge in [-0.2, -0.15) is 0 Å². The van der Waals surface area contributed by atoms with Crippen LogP contribution in [0, 0.1) is 5.92 Å². The largest absolute Gasteiger partial charge is 0.390 e. The van der Waals surface area contributed by atoms with Gasteiger partial charge in [-0.15, -0.1) is 5.10 Å².